The summed E-state index contributed by atoms with van der Waals surface area (Å²) >= 11 is 0. The first-order chi connectivity index (χ1) is 16.8. The summed E-state index contributed by atoms with van der Waals surface area (Å²) < 4.78 is 38.9. The fourth-order valence-electron chi connectivity index (χ4n) is 4.70. The summed E-state index contributed by atoms with van der Waals surface area (Å²) in [7, 11) is 1.77. The molecule has 1 heterocycles. The maximum atomic E-state index is 13.4. The average molecular weight is 478 g/mol. The maximum absolute atomic E-state index is 13.4. The van der Waals surface area contributed by atoms with Gasteiger partial charge < -0.3 is 9.80 Å². The number of halogens is 3. The Morgan fingerprint density at radius 2 is 1.77 bits per heavy atom. The van der Waals surface area contributed by atoms with Crippen molar-refractivity contribution in [2.75, 3.05) is 13.6 Å². The number of hydrogen-bond acceptors (Lipinski definition) is 2. The lowest BCUT2D eigenvalue weighted by atomic mass is 9.90. The van der Waals surface area contributed by atoms with Gasteiger partial charge >= 0.3 is 12.2 Å². The molecule has 0 fully saturated rings. The fourth-order valence-corrected chi connectivity index (χ4v) is 4.70. The average Bonchev–Trinajstić information content (AvgIpc) is 2.88. The van der Waals surface area contributed by atoms with Crippen LogP contribution < -0.4 is 0 Å². The standard InChI is InChI=1S/C28H26F3N3O/c1-33(26(11-6-17-32)21-7-3-2-4-8-21)27(35)34-18-16-25-22(19-34)9-5-10-24(25)20-12-14-23(15-13-20)28(29,30)31/h2-5,7-10,12-15,26H,6,11,16,18-19H2,1H3/t26-/m0/s1. The van der Waals surface area contributed by atoms with Gasteiger partial charge in [-0.3, -0.25) is 0 Å². The number of hydrogen-bond donors (Lipinski definition) is 0. The van der Waals surface area contributed by atoms with Gasteiger partial charge in [0.25, 0.3) is 0 Å². The van der Waals surface area contributed by atoms with Crippen LogP contribution in [0.5, 0.6) is 0 Å². The molecule has 180 valence electrons. The van der Waals surface area contributed by atoms with E-state index in [1.165, 1.54) is 12.1 Å². The highest BCUT2D eigenvalue weighted by molar-refractivity contribution is 5.76. The van der Waals surface area contributed by atoms with Crippen LogP contribution in [0.3, 0.4) is 0 Å². The van der Waals surface area contributed by atoms with Crippen molar-refractivity contribution < 1.29 is 18.0 Å². The van der Waals surface area contributed by atoms with Crippen molar-refractivity contribution >= 4 is 6.03 Å². The second kappa shape index (κ2) is 10.2. The Bertz CT molecular complexity index is 1220. The molecule has 7 heteroatoms. The molecule has 0 aliphatic carbocycles. The van der Waals surface area contributed by atoms with E-state index in [0.29, 0.717) is 32.4 Å². The second-order valence-corrected chi connectivity index (χ2v) is 8.71. The minimum atomic E-state index is -4.37. The molecule has 2 amide bonds. The Labute approximate surface area is 203 Å². The lowest BCUT2D eigenvalue weighted by Gasteiger charge is -2.36. The van der Waals surface area contributed by atoms with Gasteiger partial charge in [-0.2, -0.15) is 18.4 Å². The molecular weight excluding hydrogens is 451 g/mol. The summed E-state index contributed by atoms with van der Waals surface area (Å²) in [6.45, 7) is 0.931. The number of urea groups is 1. The minimum absolute atomic E-state index is 0.109. The van der Waals surface area contributed by atoms with Crippen LogP contribution in [0.4, 0.5) is 18.0 Å². The molecule has 1 aliphatic rings. The summed E-state index contributed by atoms with van der Waals surface area (Å²) in [4.78, 5) is 16.9. The normalized spacial score (nSPS) is 14.1. The van der Waals surface area contributed by atoms with Gasteiger partial charge in [-0.1, -0.05) is 60.7 Å². The Kier molecular flexibility index (Phi) is 7.11. The van der Waals surface area contributed by atoms with E-state index in [2.05, 4.69) is 6.07 Å². The lowest BCUT2D eigenvalue weighted by molar-refractivity contribution is -0.137. The number of nitriles is 1. The third-order valence-corrected chi connectivity index (χ3v) is 6.54. The molecule has 3 aromatic rings. The molecule has 0 bridgehead atoms. The third kappa shape index (κ3) is 5.32. The minimum Gasteiger partial charge on any atom is -0.321 e. The Hall–Kier alpha value is -3.79. The van der Waals surface area contributed by atoms with Crippen molar-refractivity contribution in [3.63, 3.8) is 0 Å². The molecule has 0 unspecified atom stereocenters. The van der Waals surface area contributed by atoms with Gasteiger partial charge in [0, 0.05) is 26.6 Å². The molecule has 35 heavy (non-hydrogen) atoms. The van der Waals surface area contributed by atoms with Crippen molar-refractivity contribution in [3.8, 4) is 17.2 Å². The predicted octanol–water partition coefficient (Wildman–Crippen LogP) is 6.83. The first-order valence-electron chi connectivity index (χ1n) is 11.5. The van der Waals surface area contributed by atoms with Crippen LogP contribution in [0, 0.1) is 11.3 Å². The molecular formula is C28H26F3N3O. The fraction of sp³-hybridized carbons (Fsp3) is 0.286. The molecule has 0 saturated heterocycles. The Balaban J connectivity index is 1.54. The number of benzene rings is 3. The number of amides is 2. The van der Waals surface area contributed by atoms with Gasteiger partial charge in [0.05, 0.1) is 17.7 Å². The van der Waals surface area contributed by atoms with Crippen molar-refractivity contribution in [1.82, 2.24) is 9.80 Å². The molecule has 0 aromatic heterocycles. The van der Waals surface area contributed by atoms with Crippen LogP contribution in [-0.2, 0) is 19.1 Å². The molecule has 0 N–H and O–H groups in total. The molecule has 1 aliphatic heterocycles. The third-order valence-electron chi connectivity index (χ3n) is 6.54. The first-order valence-corrected chi connectivity index (χ1v) is 11.5. The summed E-state index contributed by atoms with van der Waals surface area (Å²) in [5, 5.41) is 9.10. The predicted molar refractivity (Wildman–Crippen MR) is 128 cm³/mol. The maximum Gasteiger partial charge on any atom is 0.416 e. The van der Waals surface area contributed by atoms with E-state index in [1.807, 2.05) is 48.5 Å². The van der Waals surface area contributed by atoms with E-state index in [1.54, 1.807) is 16.8 Å². The highest BCUT2D eigenvalue weighted by Crippen LogP contribution is 2.34. The topological polar surface area (TPSA) is 47.3 Å². The van der Waals surface area contributed by atoms with Crippen molar-refractivity contribution in [2.24, 2.45) is 0 Å². The number of carbonyl (C=O) groups is 1. The second-order valence-electron chi connectivity index (χ2n) is 8.71. The Morgan fingerprint density at radius 1 is 1.06 bits per heavy atom. The zero-order valence-electron chi connectivity index (χ0n) is 19.4. The molecule has 0 spiro atoms. The zero-order valence-corrected chi connectivity index (χ0v) is 19.4. The van der Waals surface area contributed by atoms with Crippen LogP contribution in [0.15, 0.2) is 72.8 Å². The summed E-state index contributed by atoms with van der Waals surface area (Å²) in [6, 6.07) is 22.5. The monoisotopic (exact) mass is 477 g/mol. The van der Waals surface area contributed by atoms with E-state index in [-0.39, 0.29) is 12.1 Å². The molecule has 1 atom stereocenters. The van der Waals surface area contributed by atoms with Crippen LogP contribution in [0.25, 0.3) is 11.1 Å². The largest absolute Gasteiger partial charge is 0.416 e. The van der Waals surface area contributed by atoms with Gasteiger partial charge in [-0.25, -0.2) is 4.79 Å². The van der Waals surface area contributed by atoms with Gasteiger partial charge in [0.2, 0.25) is 0 Å². The molecule has 4 nitrogen and oxygen atoms in total. The molecule has 3 aromatic carbocycles. The van der Waals surface area contributed by atoms with Crippen LogP contribution in [0.1, 0.15) is 41.1 Å². The van der Waals surface area contributed by atoms with E-state index < -0.39 is 11.7 Å². The molecule has 4 rings (SSSR count). The molecule has 0 saturated carbocycles. The zero-order chi connectivity index (χ0) is 25.0. The van der Waals surface area contributed by atoms with Gasteiger partial charge in [-0.05, 0) is 52.8 Å². The summed E-state index contributed by atoms with van der Waals surface area (Å²) in [6.07, 6.45) is -2.87. The smallest absolute Gasteiger partial charge is 0.321 e. The number of nitrogens with zero attached hydrogens (tertiary/aromatic N) is 3. The van der Waals surface area contributed by atoms with Gasteiger partial charge in [0.15, 0.2) is 0 Å². The van der Waals surface area contributed by atoms with Crippen molar-refractivity contribution in [3.05, 3.63) is 95.1 Å². The number of carbonyl (C=O) groups excluding carboxylic acids is 1. The summed E-state index contributed by atoms with van der Waals surface area (Å²) in [5.74, 6) is 0. The Morgan fingerprint density at radius 3 is 2.43 bits per heavy atom. The van der Waals surface area contributed by atoms with E-state index >= 15 is 0 Å². The van der Waals surface area contributed by atoms with E-state index in [0.717, 1.165) is 39.9 Å². The number of rotatable bonds is 5. The van der Waals surface area contributed by atoms with E-state index in [9.17, 15) is 18.0 Å². The van der Waals surface area contributed by atoms with Crippen molar-refractivity contribution in [1.29, 1.82) is 5.26 Å². The van der Waals surface area contributed by atoms with Crippen LogP contribution >= 0.6 is 0 Å². The molecule has 0 radical (unpaired) electrons. The number of alkyl halides is 3. The van der Waals surface area contributed by atoms with Crippen LogP contribution in [-0.4, -0.2) is 29.4 Å². The van der Waals surface area contributed by atoms with Gasteiger partial charge in [0.1, 0.15) is 0 Å². The summed E-state index contributed by atoms with van der Waals surface area (Å²) in [5.41, 5.74) is 3.99. The lowest BCUT2D eigenvalue weighted by Crippen LogP contribution is -2.45. The van der Waals surface area contributed by atoms with Crippen LogP contribution in [0.2, 0.25) is 0 Å². The van der Waals surface area contributed by atoms with E-state index in [4.69, 9.17) is 5.26 Å². The highest BCUT2D eigenvalue weighted by Gasteiger charge is 2.31. The van der Waals surface area contributed by atoms with Crippen molar-refractivity contribution in [2.45, 2.75) is 38.0 Å². The highest BCUT2D eigenvalue weighted by atomic mass is 19.4. The number of fused-ring (bicyclic) bond motifs is 1. The quantitative estimate of drug-likeness (QED) is 0.404. The van der Waals surface area contributed by atoms with Gasteiger partial charge in [-0.15, -0.1) is 0 Å². The first kappa shape index (κ1) is 24.3. The SMILES string of the molecule is CN(C(=O)N1CCc2c(cccc2-c2ccc(C(F)(F)F)cc2)C1)[C@@H](CCC#N)c1ccccc1.